The van der Waals surface area contributed by atoms with Gasteiger partial charge in [0.25, 0.3) is 0 Å². The van der Waals surface area contributed by atoms with E-state index in [4.69, 9.17) is 4.74 Å². The number of aliphatic hydroxyl groups excluding tert-OH is 1. The van der Waals surface area contributed by atoms with Gasteiger partial charge in [0.2, 0.25) is 5.91 Å². The molecule has 3 atom stereocenters. The van der Waals surface area contributed by atoms with E-state index in [0.29, 0.717) is 19.8 Å². The lowest BCUT2D eigenvalue weighted by atomic mass is 9.82. The maximum atomic E-state index is 13.8. The number of hydrogen-bond acceptors (Lipinski definition) is 4. The zero-order chi connectivity index (χ0) is 20.7. The van der Waals surface area contributed by atoms with Gasteiger partial charge in [0.15, 0.2) is 0 Å². The molecule has 3 heterocycles. The van der Waals surface area contributed by atoms with Crippen molar-refractivity contribution in [3.8, 4) is 11.1 Å². The Morgan fingerprint density at radius 2 is 1.93 bits per heavy atom. The molecule has 2 N–H and O–H groups in total. The average molecular weight is 410 g/mol. The first-order valence-electron chi connectivity index (χ1n) is 10.8. The molecule has 3 aliphatic heterocycles. The number of likely N-dealkylation sites (tertiary alicyclic amines) is 1. The van der Waals surface area contributed by atoms with Crippen LogP contribution in [0.25, 0.3) is 11.1 Å². The smallest absolute Gasteiger partial charge is 0.226 e. The summed E-state index contributed by atoms with van der Waals surface area (Å²) in [5.74, 6) is 0.106. The predicted octanol–water partition coefficient (Wildman–Crippen LogP) is 3.60. The molecule has 0 aromatic heterocycles. The highest BCUT2D eigenvalue weighted by Gasteiger charge is 2.46. The van der Waals surface area contributed by atoms with E-state index in [0.717, 1.165) is 41.6 Å². The van der Waals surface area contributed by atoms with Crippen LogP contribution in [0.5, 0.6) is 0 Å². The van der Waals surface area contributed by atoms with Crippen molar-refractivity contribution < 1.29 is 19.0 Å². The molecule has 30 heavy (non-hydrogen) atoms. The molecule has 1 amide bonds. The summed E-state index contributed by atoms with van der Waals surface area (Å²) >= 11 is 0. The third kappa shape index (κ3) is 3.38. The molecule has 5 nitrogen and oxygen atoms in total. The van der Waals surface area contributed by atoms with E-state index in [9.17, 15) is 14.3 Å². The van der Waals surface area contributed by atoms with Gasteiger partial charge in [-0.25, -0.2) is 4.39 Å². The number of halogens is 1. The second-order valence-corrected chi connectivity index (χ2v) is 8.56. The molecule has 0 unspecified atom stereocenters. The van der Waals surface area contributed by atoms with Gasteiger partial charge >= 0.3 is 0 Å². The Morgan fingerprint density at radius 1 is 1.13 bits per heavy atom. The standard InChI is InChI=1S/C24H27FN2O3/c25-18-3-1-2-16(12-18)17-4-5-21-20(13-17)23-19(22(14-28)26-21)6-9-27(23)24(29)15-7-10-30-11-8-15/h1-5,12-13,15,19,22-23,26,28H,6-11,14H2/t19-,22+,23-/m1/s1. The van der Waals surface area contributed by atoms with Crippen molar-refractivity contribution in [2.24, 2.45) is 11.8 Å². The van der Waals surface area contributed by atoms with E-state index in [1.807, 2.05) is 23.1 Å². The van der Waals surface area contributed by atoms with E-state index in [1.54, 1.807) is 6.07 Å². The van der Waals surface area contributed by atoms with Crippen LogP contribution in [0, 0.1) is 17.7 Å². The number of nitrogens with one attached hydrogen (secondary N) is 1. The van der Waals surface area contributed by atoms with Crippen LogP contribution in [-0.2, 0) is 9.53 Å². The Kier molecular flexibility index (Phi) is 5.21. The fourth-order valence-electron chi connectivity index (χ4n) is 5.34. The number of anilines is 1. The molecule has 3 aliphatic rings. The third-order valence-corrected chi connectivity index (χ3v) is 6.88. The average Bonchev–Trinajstić information content (AvgIpc) is 3.24. The summed E-state index contributed by atoms with van der Waals surface area (Å²) in [6.07, 6.45) is 2.40. The van der Waals surface area contributed by atoms with Gasteiger partial charge in [-0.15, -0.1) is 0 Å². The SMILES string of the molecule is O=C(C1CCOCC1)N1CC[C@@H]2[C@H](CO)Nc3ccc(-c4cccc(F)c4)cc3[C@@H]21. The van der Waals surface area contributed by atoms with Crippen molar-refractivity contribution >= 4 is 11.6 Å². The first-order chi connectivity index (χ1) is 14.7. The molecule has 2 aromatic rings. The van der Waals surface area contributed by atoms with Crippen LogP contribution in [0.3, 0.4) is 0 Å². The number of hydrogen-bond donors (Lipinski definition) is 2. The van der Waals surface area contributed by atoms with Crippen LogP contribution in [0.15, 0.2) is 42.5 Å². The van der Waals surface area contributed by atoms with Crippen molar-refractivity contribution in [1.82, 2.24) is 4.90 Å². The van der Waals surface area contributed by atoms with Gasteiger partial charge in [0.1, 0.15) is 5.82 Å². The fraction of sp³-hybridized carbons (Fsp3) is 0.458. The summed E-state index contributed by atoms with van der Waals surface area (Å²) in [7, 11) is 0. The molecule has 2 aromatic carbocycles. The normalized spacial score (nSPS) is 26.1. The number of amides is 1. The molecule has 0 bridgehead atoms. The molecule has 0 aliphatic carbocycles. The second kappa shape index (κ2) is 8.00. The first kappa shape index (κ1) is 19.5. The monoisotopic (exact) mass is 410 g/mol. The number of carbonyl (C=O) groups is 1. The van der Waals surface area contributed by atoms with Crippen LogP contribution in [0.2, 0.25) is 0 Å². The van der Waals surface area contributed by atoms with Gasteiger partial charge in [0.05, 0.1) is 18.7 Å². The van der Waals surface area contributed by atoms with Gasteiger partial charge in [0, 0.05) is 37.3 Å². The van der Waals surface area contributed by atoms with Crippen LogP contribution < -0.4 is 5.32 Å². The molecule has 2 saturated heterocycles. The number of benzene rings is 2. The molecule has 2 fully saturated rings. The lowest BCUT2D eigenvalue weighted by molar-refractivity contribution is -0.140. The zero-order valence-corrected chi connectivity index (χ0v) is 16.9. The van der Waals surface area contributed by atoms with E-state index in [-0.39, 0.29) is 42.3 Å². The summed E-state index contributed by atoms with van der Waals surface area (Å²) in [6.45, 7) is 2.01. The van der Waals surface area contributed by atoms with E-state index < -0.39 is 0 Å². The van der Waals surface area contributed by atoms with E-state index in [2.05, 4.69) is 11.4 Å². The Labute approximate surface area is 175 Å². The largest absolute Gasteiger partial charge is 0.394 e. The Hall–Kier alpha value is -2.44. The highest BCUT2D eigenvalue weighted by Crippen LogP contribution is 2.48. The van der Waals surface area contributed by atoms with Crippen molar-refractivity contribution in [3.63, 3.8) is 0 Å². The molecule has 5 rings (SSSR count). The number of ether oxygens (including phenoxy) is 1. The van der Waals surface area contributed by atoms with Crippen molar-refractivity contribution in [1.29, 1.82) is 0 Å². The lowest BCUT2D eigenvalue weighted by Gasteiger charge is -2.40. The molecule has 0 spiro atoms. The minimum absolute atomic E-state index is 0.00909. The van der Waals surface area contributed by atoms with Crippen molar-refractivity contribution in [2.75, 3.05) is 31.7 Å². The molecule has 158 valence electrons. The predicted molar refractivity (Wildman–Crippen MR) is 112 cm³/mol. The summed E-state index contributed by atoms with van der Waals surface area (Å²) in [5, 5.41) is 13.4. The number of aliphatic hydroxyl groups is 1. The summed E-state index contributed by atoms with van der Waals surface area (Å²) in [6, 6.07) is 12.5. The number of nitrogens with zero attached hydrogens (tertiary/aromatic N) is 1. The van der Waals surface area contributed by atoms with Gasteiger partial charge in [-0.05, 0) is 60.2 Å². The Bertz CT molecular complexity index is 944. The number of carbonyl (C=O) groups excluding carboxylic acids is 1. The highest BCUT2D eigenvalue weighted by atomic mass is 19.1. The first-order valence-corrected chi connectivity index (χ1v) is 10.8. The summed E-state index contributed by atoms with van der Waals surface area (Å²) in [4.78, 5) is 15.4. The molecular formula is C24H27FN2O3. The van der Waals surface area contributed by atoms with Crippen LogP contribution in [-0.4, -0.2) is 48.3 Å². The van der Waals surface area contributed by atoms with Crippen molar-refractivity contribution in [3.05, 3.63) is 53.8 Å². The minimum atomic E-state index is -0.265. The Balaban J connectivity index is 1.53. The highest BCUT2D eigenvalue weighted by molar-refractivity contribution is 5.81. The van der Waals surface area contributed by atoms with E-state index >= 15 is 0 Å². The van der Waals surface area contributed by atoms with Gasteiger partial charge in [-0.1, -0.05) is 18.2 Å². The van der Waals surface area contributed by atoms with Crippen molar-refractivity contribution in [2.45, 2.75) is 31.3 Å². The van der Waals surface area contributed by atoms with Crippen LogP contribution >= 0.6 is 0 Å². The fourth-order valence-corrected chi connectivity index (χ4v) is 5.34. The maximum Gasteiger partial charge on any atom is 0.226 e. The zero-order valence-electron chi connectivity index (χ0n) is 16.9. The van der Waals surface area contributed by atoms with Gasteiger partial charge in [-0.2, -0.15) is 0 Å². The topological polar surface area (TPSA) is 61.8 Å². The molecule has 0 radical (unpaired) electrons. The quantitative estimate of drug-likeness (QED) is 0.812. The van der Waals surface area contributed by atoms with Crippen LogP contribution in [0.4, 0.5) is 10.1 Å². The number of fused-ring (bicyclic) bond motifs is 3. The second-order valence-electron chi connectivity index (χ2n) is 8.56. The van der Waals surface area contributed by atoms with Crippen LogP contribution in [0.1, 0.15) is 30.9 Å². The number of rotatable bonds is 3. The van der Waals surface area contributed by atoms with E-state index in [1.165, 1.54) is 12.1 Å². The third-order valence-electron chi connectivity index (χ3n) is 6.88. The summed E-state index contributed by atoms with van der Waals surface area (Å²) in [5.41, 5.74) is 3.76. The summed E-state index contributed by atoms with van der Waals surface area (Å²) < 4.78 is 19.2. The molecular weight excluding hydrogens is 383 g/mol. The Morgan fingerprint density at radius 3 is 2.70 bits per heavy atom. The minimum Gasteiger partial charge on any atom is -0.394 e. The van der Waals surface area contributed by atoms with Gasteiger partial charge in [-0.3, -0.25) is 4.79 Å². The molecule has 6 heteroatoms. The maximum absolute atomic E-state index is 13.8. The molecule has 0 saturated carbocycles. The van der Waals surface area contributed by atoms with Gasteiger partial charge < -0.3 is 20.1 Å². The lowest BCUT2D eigenvalue weighted by Crippen LogP contribution is -2.44.